The van der Waals surface area contributed by atoms with Crippen LogP contribution in [0.3, 0.4) is 0 Å². The average molecular weight is 296 g/mol. The van der Waals surface area contributed by atoms with Crippen molar-refractivity contribution in [2.24, 2.45) is 0 Å². The van der Waals surface area contributed by atoms with Crippen LogP contribution in [0.15, 0.2) is 60.7 Å². The molecule has 2 amide bonds. The van der Waals surface area contributed by atoms with E-state index in [4.69, 9.17) is 0 Å². The highest BCUT2D eigenvalue weighted by atomic mass is 16.2. The minimum absolute atomic E-state index is 0.215. The van der Waals surface area contributed by atoms with Crippen molar-refractivity contribution in [2.75, 3.05) is 7.05 Å². The fourth-order valence-corrected chi connectivity index (χ4v) is 2.57. The van der Waals surface area contributed by atoms with Crippen LogP contribution in [-0.2, 0) is 9.59 Å². The molecular weight excluding hydrogens is 276 g/mol. The van der Waals surface area contributed by atoms with Crippen LogP contribution in [0.5, 0.6) is 0 Å². The Morgan fingerprint density at radius 2 is 1.32 bits per heavy atom. The summed E-state index contributed by atoms with van der Waals surface area (Å²) in [7, 11) is 1.57. The summed E-state index contributed by atoms with van der Waals surface area (Å²) in [5.41, 5.74) is 1.96. The van der Waals surface area contributed by atoms with Crippen molar-refractivity contribution in [2.45, 2.75) is 18.9 Å². The summed E-state index contributed by atoms with van der Waals surface area (Å²) in [5, 5.41) is 5.41. The predicted molar refractivity (Wildman–Crippen MR) is 86.4 cm³/mol. The van der Waals surface area contributed by atoms with Gasteiger partial charge in [0.2, 0.25) is 11.8 Å². The Morgan fingerprint density at radius 1 is 0.864 bits per heavy atom. The SMILES string of the molecule is CNC(=O)[C@@H](NC(C)=O)C(c1ccccc1)c1ccccc1. The molecule has 114 valence electrons. The van der Waals surface area contributed by atoms with E-state index in [0.29, 0.717) is 0 Å². The Bertz CT molecular complexity index is 587. The maximum absolute atomic E-state index is 12.3. The Labute approximate surface area is 130 Å². The molecule has 0 saturated carbocycles. The molecule has 0 fully saturated rings. The van der Waals surface area contributed by atoms with Crippen LogP contribution in [0.25, 0.3) is 0 Å². The normalized spacial score (nSPS) is 11.8. The minimum Gasteiger partial charge on any atom is -0.357 e. The molecule has 4 heteroatoms. The molecule has 0 bridgehead atoms. The van der Waals surface area contributed by atoms with Gasteiger partial charge in [-0.15, -0.1) is 0 Å². The van der Waals surface area contributed by atoms with Gasteiger partial charge in [0.15, 0.2) is 0 Å². The highest BCUT2D eigenvalue weighted by Crippen LogP contribution is 2.28. The first kappa shape index (κ1) is 15.8. The summed E-state index contributed by atoms with van der Waals surface area (Å²) >= 11 is 0. The lowest BCUT2D eigenvalue weighted by Gasteiger charge is -2.27. The quantitative estimate of drug-likeness (QED) is 0.887. The number of amides is 2. The number of likely N-dealkylation sites (N-methyl/N-ethyl adjacent to an activating group) is 1. The lowest BCUT2D eigenvalue weighted by molar-refractivity contribution is -0.128. The zero-order valence-corrected chi connectivity index (χ0v) is 12.7. The van der Waals surface area contributed by atoms with Gasteiger partial charge in [0.25, 0.3) is 0 Å². The lowest BCUT2D eigenvalue weighted by atomic mass is 9.84. The van der Waals surface area contributed by atoms with Gasteiger partial charge >= 0.3 is 0 Å². The zero-order chi connectivity index (χ0) is 15.9. The van der Waals surface area contributed by atoms with Crippen molar-refractivity contribution >= 4 is 11.8 Å². The molecule has 0 saturated heterocycles. The van der Waals surface area contributed by atoms with Crippen LogP contribution in [-0.4, -0.2) is 24.9 Å². The standard InChI is InChI=1S/C18H20N2O2/c1-13(21)20-17(18(22)19-2)16(14-9-5-3-6-10-14)15-11-7-4-8-12-15/h3-12,16-17H,1-2H3,(H,19,22)(H,20,21)/t17-/m0/s1. The molecule has 0 aliphatic rings. The fraction of sp³-hybridized carbons (Fsp3) is 0.222. The second-order valence-corrected chi connectivity index (χ2v) is 5.09. The monoisotopic (exact) mass is 296 g/mol. The van der Waals surface area contributed by atoms with E-state index in [2.05, 4.69) is 10.6 Å². The van der Waals surface area contributed by atoms with Gasteiger partial charge in [-0.1, -0.05) is 60.7 Å². The first-order valence-corrected chi connectivity index (χ1v) is 7.22. The molecule has 0 aliphatic heterocycles. The molecule has 2 aromatic rings. The topological polar surface area (TPSA) is 58.2 Å². The van der Waals surface area contributed by atoms with Gasteiger partial charge in [-0.3, -0.25) is 9.59 Å². The van der Waals surface area contributed by atoms with E-state index in [-0.39, 0.29) is 17.7 Å². The summed E-state index contributed by atoms with van der Waals surface area (Å²) < 4.78 is 0. The maximum Gasteiger partial charge on any atom is 0.243 e. The first-order valence-electron chi connectivity index (χ1n) is 7.22. The largest absolute Gasteiger partial charge is 0.357 e. The third kappa shape index (κ3) is 3.73. The molecule has 1 atom stereocenters. The number of carbonyl (C=O) groups is 2. The van der Waals surface area contributed by atoms with Gasteiger partial charge in [-0.2, -0.15) is 0 Å². The van der Waals surface area contributed by atoms with Crippen LogP contribution in [0.4, 0.5) is 0 Å². The molecule has 2 aromatic carbocycles. The second kappa shape index (κ2) is 7.41. The second-order valence-electron chi connectivity index (χ2n) is 5.09. The smallest absolute Gasteiger partial charge is 0.243 e. The number of carbonyl (C=O) groups excluding carboxylic acids is 2. The Morgan fingerprint density at radius 3 is 1.68 bits per heavy atom. The van der Waals surface area contributed by atoms with Crippen molar-refractivity contribution in [3.63, 3.8) is 0 Å². The van der Waals surface area contributed by atoms with Crippen molar-refractivity contribution < 1.29 is 9.59 Å². The van der Waals surface area contributed by atoms with Crippen LogP contribution in [0.2, 0.25) is 0 Å². The van der Waals surface area contributed by atoms with Crippen LogP contribution >= 0.6 is 0 Å². The third-order valence-corrected chi connectivity index (χ3v) is 3.54. The molecule has 0 spiro atoms. The summed E-state index contributed by atoms with van der Waals surface area (Å²) in [4.78, 5) is 23.9. The van der Waals surface area contributed by atoms with Gasteiger partial charge in [0, 0.05) is 19.9 Å². The van der Waals surface area contributed by atoms with Crippen LogP contribution in [0, 0.1) is 0 Å². The van der Waals surface area contributed by atoms with Crippen molar-refractivity contribution in [1.82, 2.24) is 10.6 Å². The molecule has 0 unspecified atom stereocenters. The minimum atomic E-state index is -0.660. The zero-order valence-electron chi connectivity index (χ0n) is 12.7. The number of rotatable bonds is 5. The van der Waals surface area contributed by atoms with Gasteiger partial charge in [0.1, 0.15) is 6.04 Å². The van der Waals surface area contributed by atoms with Crippen molar-refractivity contribution in [1.29, 1.82) is 0 Å². The van der Waals surface area contributed by atoms with E-state index in [1.165, 1.54) is 6.92 Å². The first-order chi connectivity index (χ1) is 10.6. The highest BCUT2D eigenvalue weighted by molar-refractivity contribution is 5.88. The number of nitrogens with one attached hydrogen (secondary N) is 2. The van der Waals surface area contributed by atoms with Gasteiger partial charge in [0.05, 0.1) is 0 Å². The lowest BCUT2D eigenvalue weighted by Crippen LogP contribution is -2.48. The number of hydrogen-bond donors (Lipinski definition) is 2. The van der Waals surface area contributed by atoms with E-state index in [1.54, 1.807) is 7.05 Å². The fourth-order valence-electron chi connectivity index (χ4n) is 2.57. The molecule has 0 heterocycles. The summed E-state index contributed by atoms with van der Waals surface area (Å²) in [6.07, 6.45) is 0. The molecule has 0 radical (unpaired) electrons. The van der Waals surface area contributed by atoms with Crippen molar-refractivity contribution in [3.8, 4) is 0 Å². The van der Waals surface area contributed by atoms with Crippen molar-refractivity contribution in [3.05, 3.63) is 71.8 Å². The number of benzene rings is 2. The summed E-state index contributed by atoms with van der Waals surface area (Å²) in [6.45, 7) is 1.42. The van der Waals surface area contributed by atoms with E-state index in [9.17, 15) is 9.59 Å². The van der Waals surface area contributed by atoms with Gasteiger partial charge < -0.3 is 10.6 Å². The van der Waals surface area contributed by atoms with Gasteiger partial charge in [-0.25, -0.2) is 0 Å². The molecule has 22 heavy (non-hydrogen) atoms. The highest BCUT2D eigenvalue weighted by Gasteiger charge is 2.30. The average Bonchev–Trinajstić information content (AvgIpc) is 2.55. The molecule has 2 N–H and O–H groups in total. The Kier molecular flexibility index (Phi) is 5.31. The molecular formula is C18H20N2O2. The van der Waals surface area contributed by atoms with E-state index >= 15 is 0 Å². The summed E-state index contributed by atoms with van der Waals surface area (Å²) in [6, 6.07) is 18.8. The molecule has 4 nitrogen and oxygen atoms in total. The third-order valence-electron chi connectivity index (χ3n) is 3.54. The molecule has 0 aromatic heterocycles. The number of hydrogen-bond acceptors (Lipinski definition) is 2. The Hall–Kier alpha value is -2.62. The van der Waals surface area contributed by atoms with E-state index in [1.807, 2.05) is 60.7 Å². The van der Waals surface area contributed by atoms with Gasteiger partial charge in [-0.05, 0) is 11.1 Å². The Balaban J connectivity index is 2.50. The summed E-state index contributed by atoms with van der Waals surface area (Å²) in [5.74, 6) is -0.690. The predicted octanol–water partition coefficient (Wildman–Crippen LogP) is 2.07. The van der Waals surface area contributed by atoms with Crippen LogP contribution in [0.1, 0.15) is 24.0 Å². The molecule has 2 rings (SSSR count). The van der Waals surface area contributed by atoms with Crippen LogP contribution < -0.4 is 10.6 Å². The molecule has 0 aliphatic carbocycles. The van der Waals surface area contributed by atoms with E-state index < -0.39 is 6.04 Å². The van der Waals surface area contributed by atoms with E-state index in [0.717, 1.165) is 11.1 Å². The maximum atomic E-state index is 12.3.